The Morgan fingerprint density at radius 3 is 2.50 bits per heavy atom. The largest absolute Gasteiger partial charge is 0.360 e. The number of sulfonamides is 1. The Morgan fingerprint density at radius 2 is 1.77 bits per heavy atom. The minimum absolute atomic E-state index is 0.116. The van der Waals surface area contributed by atoms with E-state index in [-0.39, 0.29) is 4.90 Å². The van der Waals surface area contributed by atoms with Crippen LogP contribution in [0.4, 0.5) is 11.4 Å². The van der Waals surface area contributed by atoms with Gasteiger partial charge in [-0.25, -0.2) is 8.42 Å². The summed E-state index contributed by atoms with van der Waals surface area (Å²) in [5, 5.41) is 6.02. The first kappa shape index (κ1) is 14.8. The molecule has 0 spiro atoms. The lowest BCUT2D eigenvalue weighted by Gasteiger charge is -2.27. The Hall–Kier alpha value is -2.09. The van der Waals surface area contributed by atoms with Crippen molar-refractivity contribution in [3.8, 4) is 0 Å². The fourth-order valence-electron chi connectivity index (χ4n) is 2.09. The number of carbonyl (C=O) groups excluding carboxylic acids is 1. The van der Waals surface area contributed by atoms with Crippen LogP contribution in [0.1, 0.15) is 0 Å². The molecule has 8 heteroatoms. The number of benzene rings is 2. The van der Waals surface area contributed by atoms with Crippen LogP contribution < -0.4 is 15.4 Å². The van der Waals surface area contributed by atoms with Crippen LogP contribution in [0.3, 0.4) is 0 Å². The predicted octanol–water partition coefficient (Wildman–Crippen LogP) is 2.01. The van der Waals surface area contributed by atoms with Crippen molar-refractivity contribution in [1.82, 2.24) is 4.72 Å². The first-order valence-corrected chi connectivity index (χ1v) is 8.26. The first-order valence-electron chi connectivity index (χ1n) is 6.40. The molecular formula is C14H12ClN3O3S. The van der Waals surface area contributed by atoms with Gasteiger partial charge in [-0.3, -0.25) is 4.79 Å². The van der Waals surface area contributed by atoms with Crippen LogP contribution in [0.25, 0.3) is 0 Å². The van der Waals surface area contributed by atoms with E-state index < -0.39 is 22.1 Å². The molecule has 0 aromatic heterocycles. The van der Waals surface area contributed by atoms with Gasteiger partial charge in [0.05, 0.1) is 5.69 Å². The Morgan fingerprint density at radius 1 is 1.09 bits per heavy atom. The van der Waals surface area contributed by atoms with Gasteiger partial charge in [0.2, 0.25) is 10.0 Å². The van der Waals surface area contributed by atoms with Crippen molar-refractivity contribution in [2.75, 3.05) is 10.6 Å². The maximum Gasteiger partial charge on any atom is 0.262 e. The van der Waals surface area contributed by atoms with Crippen molar-refractivity contribution in [2.45, 2.75) is 11.1 Å². The SMILES string of the molecule is O=C(Nc1ccc(Cl)cc1)[C@H]1Nc2ccccc2S(=O)(=O)N1. The van der Waals surface area contributed by atoms with E-state index in [4.69, 9.17) is 11.6 Å². The van der Waals surface area contributed by atoms with Crippen LogP contribution in [0.2, 0.25) is 5.02 Å². The Kier molecular flexibility index (Phi) is 3.78. The molecule has 1 atom stereocenters. The van der Waals surface area contributed by atoms with Gasteiger partial charge in [-0.05, 0) is 36.4 Å². The highest BCUT2D eigenvalue weighted by Crippen LogP contribution is 2.25. The molecule has 1 heterocycles. The van der Waals surface area contributed by atoms with Crippen molar-refractivity contribution < 1.29 is 13.2 Å². The topological polar surface area (TPSA) is 87.3 Å². The lowest BCUT2D eigenvalue weighted by Crippen LogP contribution is -2.51. The van der Waals surface area contributed by atoms with Gasteiger partial charge in [0.25, 0.3) is 5.91 Å². The van der Waals surface area contributed by atoms with Gasteiger partial charge in [-0.15, -0.1) is 0 Å². The summed E-state index contributed by atoms with van der Waals surface area (Å²) in [4.78, 5) is 12.3. The van der Waals surface area contributed by atoms with Crippen LogP contribution in [0.15, 0.2) is 53.4 Å². The number of halogens is 1. The van der Waals surface area contributed by atoms with Gasteiger partial charge in [-0.1, -0.05) is 23.7 Å². The lowest BCUT2D eigenvalue weighted by molar-refractivity contribution is -0.117. The van der Waals surface area contributed by atoms with Crippen LogP contribution in [-0.2, 0) is 14.8 Å². The monoisotopic (exact) mass is 337 g/mol. The van der Waals surface area contributed by atoms with Gasteiger partial charge >= 0.3 is 0 Å². The summed E-state index contributed by atoms with van der Waals surface area (Å²) in [6.07, 6.45) is -1.09. The number of amides is 1. The van der Waals surface area contributed by atoms with Gasteiger partial charge < -0.3 is 10.6 Å². The second-order valence-corrected chi connectivity index (χ2v) is 6.81. The number of carbonyl (C=O) groups is 1. The average Bonchev–Trinajstić information content (AvgIpc) is 2.49. The van der Waals surface area contributed by atoms with E-state index in [0.717, 1.165) is 0 Å². The molecule has 6 nitrogen and oxygen atoms in total. The number of hydrogen-bond donors (Lipinski definition) is 3. The molecule has 2 aromatic carbocycles. The van der Waals surface area contributed by atoms with Crippen LogP contribution in [0.5, 0.6) is 0 Å². The molecule has 0 bridgehead atoms. The van der Waals surface area contributed by atoms with Crippen LogP contribution >= 0.6 is 11.6 Å². The molecule has 1 aliphatic rings. The third kappa shape index (κ3) is 2.92. The second kappa shape index (κ2) is 5.60. The smallest absolute Gasteiger partial charge is 0.262 e. The van der Waals surface area contributed by atoms with E-state index >= 15 is 0 Å². The highest BCUT2D eigenvalue weighted by Gasteiger charge is 2.32. The first-order chi connectivity index (χ1) is 10.5. The maximum atomic E-state index is 12.2. The minimum atomic E-state index is -3.73. The van der Waals surface area contributed by atoms with Crippen molar-refractivity contribution in [1.29, 1.82) is 0 Å². The fraction of sp³-hybridized carbons (Fsp3) is 0.0714. The molecular weight excluding hydrogens is 326 g/mol. The molecule has 0 fully saturated rings. The quantitative estimate of drug-likeness (QED) is 0.782. The van der Waals surface area contributed by atoms with Crippen molar-refractivity contribution >= 4 is 38.9 Å². The summed E-state index contributed by atoms with van der Waals surface area (Å²) in [6.45, 7) is 0. The van der Waals surface area contributed by atoms with E-state index in [0.29, 0.717) is 16.4 Å². The maximum absolute atomic E-state index is 12.2. The molecule has 0 saturated heterocycles. The Bertz CT molecular complexity index is 821. The molecule has 1 amide bonds. The van der Waals surface area contributed by atoms with E-state index in [2.05, 4.69) is 15.4 Å². The number of para-hydroxylation sites is 1. The Labute approximate surface area is 132 Å². The highest BCUT2D eigenvalue weighted by atomic mass is 35.5. The minimum Gasteiger partial charge on any atom is -0.360 e. The summed E-state index contributed by atoms with van der Waals surface area (Å²) < 4.78 is 26.6. The van der Waals surface area contributed by atoms with Crippen LogP contribution in [0, 0.1) is 0 Å². The van der Waals surface area contributed by atoms with Crippen molar-refractivity contribution in [2.24, 2.45) is 0 Å². The molecule has 0 unspecified atom stereocenters. The zero-order valence-electron chi connectivity index (χ0n) is 11.2. The second-order valence-electron chi connectivity index (χ2n) is 4.69. The number of nitrogens with one attached hydrogen (secondary N) is 3. The number of rotatable bonds is 2. The van der Waals surface area contributed by atoms with Crippen molar-refractivity contribution in [3.63, 3.8) is 0 Å². The molecule has 2 aromatic rings. The average molecular weight is 338 g/mol. The molecule has 0 radical (unpaired) electrons. The highest BCUT2D eigenvalue weighted by molar-refractivity contribution is 7.89. The molecule has 22 heavy (non-hydrogen) atoms. The molecule has 1 aliphatic heterocycles. The van der Waals surface area contributed by atoms with E-state index in [1.807, 2.05) is 0 Å². The summed E-state index contributed by atoms with van der Waals surface area (Å²) >= 11 is 5.77. The predicted molar refractivity (Wildman–Crippen MR) is 84.3 cm³/mol. The number of fused-ring (bicyclic) bond motifs is 1. The van der Waals surface area contributed by atoms with E-state index in [1.165, 1.54) is 6.07 Å². The summed E-state index contributed by atoms with van der Waals surface area (Å²) in [7, 11) is -3.73. The number of anilines is 2. The molecule has 3 rings (SSSR count). The van der Waals surface area contributed by atoms with Gasteiger partial charge in [0, 0.05) is 10.7 Å². The van der Waals surface area contributed by atoms with Crippen molar-refractivity contribution in [3.05, 3.63) is 53.6 Å². The molecule has 3 N–H and O–H groups in total. The third-order valence-electron chi connectivity index (χ3n) is 3.12. The zero-order chi connectivity index (χ0) is 15.7. The lowest BCUT2D eigenvalue weighted by atomic mass is 10.3. The molecule has 0 saturated carbocycles. The fourth-order valence-corrected chi connectivity index (χ4v) is 3.49. The summed E-state index contributed by atoms with van der Waals surface area (Å²) in [5.41, 5.74) is 0.909. The molecule has 114 valence electrons. The number of hydrogen-bond acceptors (Lipinski definition) is 4. The zero-order valence-corrected chi connectivity index (χ0v) is 12.8. The van der Waals surface area contributed by atoms with Gasteiger partial charge in [0.15, 0.2) is 6.17 Å². The van der Waals surface area contributed by atoms with E-state index in [9.17, 15) is 13.2 Å². The van der Waals surface area contributed by atoms with Crippen LogP contribution in [-0.4, -0.2) is 20.5 Å². The third-order valence-corrected chi connectivity index (χ3v) is 4.86. The normalized spacial score (nSPS) is 18.9. The standard InChI is InChI=1S/C14H12ClN3O3S/c15-9-5-7-10(8-6-9)16-14(19)13-17-11-3-1-2-4-12(11)22(20,21)18-13/h1-8,13,17-18H,(H,16,19)/t13-/m0/s1. The molecule has 0 aliphatic carbocycles. The summed E-state index contributed by atoms with van der Waals surface area (Å²) in [5.74, 6) is -0.514. The Balaban J connectivity index is 1.82. The summed E-state index contributed by atoms with van der Waals surface area (Å²) in [6, 6.07) is 12.9. The van der Waals surface area contributed by atoms with Gasteiger partial charge in [0.1, 0.15) is 4.90 Å². The van der Waals surface area contributed by atoms with Gasteiger partial charge in [-0.2, -0.15) is 4.72 Å². The van der Waals surface area contributed by atoms with E-state index in [1.54, 1.807) is 42.5 Å².